The van der Waals surface area contributed by atoms with Gasteiger partial charge in [0.15, 0.2) is 0 Å². The largest absolute Gasteiger partial charge is 0.331 e. The van der Waals surface area contributed by atoms with E-state index in [-0.39, 0.29) is 29.0 Å². The number of benzene rings is 2. The molecule has 2 aliphatic rings. The minimum absolute atomic E-state index is 0.0978. The van der Waals surface area contributed by atoms with Crippen LogP contribution in [0.1, 0.15) is 5.56 Å². The molecule has 3 unspecified atom stereocenters. The van der Waals surface area contributed by atoms with Gasteiger partial charge in [-0.15, -0.1) is 11.8 Å². The molecule has 10 heteroatoms. The number of hydrogen-bond donors (Lipinski definition) is 3. The molecule has 2 fully saturated rings. The summed E-state index contributed by atoms with van der Waals surface area (Å²) in [6.45, 7) is 1.94. The highest BCUT2D eigenvalue weighted by Crippen LogP contribution is 2.37. The highest BCUT2D eigenvalue weighted by molar-refractivity contribution is 8.24. The SMILES string of the molecule is Cc1ccccc1NC(=O)CSC1NC(=O)C2SC(=S)N(c3ccc(Cl)cc3)C2N1. The maximum atomic E-state index is 12.6. The van der Waals surface area contributed by atoms with Crippen LogP contribution >= 0.6 is 47.3 Å². The summed E-state index contributed by atoms with van der Waals surface area (Å²) < 4.78 is 0.623. The molecule has 0 aliphatic carbocycles. The van der Waals surface area contributed by atoms with Crippen LogP contribution in [0.4, 0.5) is 11.4 Å². The van der Waals surface area contributed by atoms with Crippen molar-refractivity contribution in [2.24, 2.45) is 0 Å². The molecule has 2 aromatic rings. The van der Waals surface area contributed by atoms with Crippen LogP contribution in [0.25, 0.3) is 0 Å². The molecule has 3 N–H and O–H groups in total. The first kappa shape index (κ1) is 21.5. The van der Waals surface area contributed by atoms with Gasteiger partial charge in [-0.25, -0.2) is 0 Å². The molecule has 2 amide bonds. The fourth-order valence-electron chi connectivity index (χ4n) is 3.26. The average Bonchev–Trinajstić information content (AvgIpc) is 3.05. The predicted octanol–water partition coefficient (Wildman–Crippen LogP) is 3.56. The summed E-state index contributed by atoms with van der Waals surface area (Å²) in [5, 5.41) is 9.52. The third kappa shape index (κ3) is 4.60. The number of aryl methyl sites for hydroxylation is 1. The molecule has 30 heavy (non-hydrogen) atoms. The Bertz CT molecular complexity index is 988. The van der Waals surface area contributed by atoms with Crippen LogP contribution in [0, 0.1) is 6.92 Å². The summed E-state index contributed by atoms with van der Waals surface area (Å²) in [4.78, 5) is 26.9. The summed E-state index contributed by atoms with van der Waals surface area (Å²) in [6, 6.07) is 15.0. The molecular formula is C20H19ClN4O2S3. The Morgan fingerprint density at radius 2 is 2.00 bits per heavy atom. The van der Waals surface area contributed by atoms with Crippen LogP contribution in [-0.4, -0.2) is 38.8 Å². The topological polar surface area (TPSA) is 73.5 Å². The average molecular weight is 479 g/mol. The molecule has 2 saturated heterocycles. The number of carbonyl (C=O) groups excluding carboxylic acids is 2. The van der Waals surface area contributed by atoms with Gasteiger partial charge in [0.1, 0.15) is 21.2 Å². The first-order chi connectivity index (χ1) is 14.4. The van der Waals surface area contributed by atoms with Crippen LogP contribution in [0.15, 0.2) is 48.5 Å². The first-order valence-electron chi connectivity index (χ1n) is 9.21. The summed E-state index contributed by atoms with van der Waals surface area (Å²) in [6.07, 6.45) is -0.297. The zero-order chi connectivity index (χ0) is 21.3. The Hall–Kier alpha value is -1.78. The number of amides is 2. The number of thiocarbonyl (C=S) groups is 1. The zero-order valence-corrected chi connectivity index (χ0v) is 19.1. The standard InChI is InChI=1S/C20H19ClN4O2S3/c1-11-4-2-3-5-14(11)22-15(26)10-29-19-23-17-16(18(27)24-19)30-20(28)25(17)13-8-6-12(21)7-9-13/h2-9,16-17,19,23H,10H2,1H3,(H,22,26)(H,24,27). The Balaban J connectivity index is 1.41. The first-order valence-corrected chi connectivity index (χ1v) is 11.9. The fourth-order valence-corrected chi connectivity index (χ4v) is 5.80. The van der Waals surface area contributed by atoms with E-state index in [0.29, 0.717) is 9.34 Å². The lowest BCUT2D eigenvalue weighted by atomic mass is 10.2. The van der Waals surface area contributed by atoms with Crippen LogP contribution in [0.5, 0.6) is 0 Å². The van der Waals surface area contributed by atoms with Crippen molar-refractivity contribution < 1.29 is 9.59 Å². The van der Waals surface area contributed by atoms with Crippen molar-refractivity contribution in [3.05, 3.63) is 59.1 Å². The highest BCUT2D eigenvalue weighted by Gasteiger charge is 2.47. The zero-order valence-electron chi connectivity index (χ0n) is 15.9. The van der Waals surface area contributed by atoms with E-state index in [2.05, 4.69) is 16.0 Å². The number of anilines is 2. The number of hydrogen-bond acceptors (Lipinski definition) is 6. The lowest BCUT2D eigenvalue weighted by Gasteiger charge is -2.36. The van der Waals surface area contributed by atoms with Crippen LogP contribution in [-0.2, 0) is 9.59 Å². The van der Waals surface area contributed by atoms with Gasteiger partial charge in [-0.05, 0) is 42.8 Å². The maximum absolute atomic E-state index is 12.6. The molecule has 0 spiro atoms. The number of rotatable bonds is 5. The van der Waals surface area contributed by atoms with Crippen molar-refractivity contribution in [1.29, 1.82) is 0 Å². The second-order valence-corrected chi connectivity index (χ2v) is 10.1. The van der Waals surface area contributed by atoms with Crippen molar-refractivity contribution >= 4 is 74.9 Å². The molecule has 2 aliphatic heterocycles. The minimum Gasteiger partial charge on any atom is -0.331 e. The molecule has 0 bridgehead atoms. The number of para-hydroxylation sites is 1. The lowest BCUT2D eigenvalue weighted by molar-refractivity contribution is -0.122. The number of nitrogens with zero attached hydrogens (tertiary/aromatic N) is 1. The predicted molar refractivity (Wildman–Crippen MR) is 129 cm³/mol. The van der Waals surface area contributed by atoms with Gasteiger partial charge in [-0.1, -0.05) is 53.8 Å². The van der Waals surface area contributed by atoms with Crippen molar-refractivity contribution in [2.75, 3.05) is 16.0 Å². The number of halogens is 1. The van der Waals surface area contributed by atoms with E-state index in [1.807, 2.05) is 48.2 Å². The van der Waals surface area contributed by atoms with Crippen LogP contribution < -0.4 is 20.9 Å². The molecule has 156 valence electrons. The van der Waals surface area contributed by atoms with Crippen LogP contribution in [0.3, 0.4) is 0 Å². The normalized spacial score (nSPS) is 23.1. The summed E-state index contributed by atoms with van der Waals surface area (Å²) >= 11 is 14.2. The number of fused-ring (bicyclic) bond motifs is 1. The fraction of sp³-hybridized carbons (Fsp3) is 0.250. The molecular weight excluding hydrogens is 460 g/mol. The molecule has 0 aromatic heterocycles. The Morgan fingerprint density at radius 3 is 2.73 bits per heavy atom. The van der Waals surface area contributed by atoms with Crippen LogP contribution in [0.2, 0.25) is 5.02 Å². The number of nitrogens with one attached hydrogen (secondary N) is 3. The van der Waals surface area contributed by atoms with Gasteiger partial charge >= 0.3 is 0 Å². The smallest absolute Gasteiger partial charge is 0.238 e. The number of thioether (sulfide) groups is 2. The summed E-state index contributed by atoms with van der Waals surface area (Å²) in [5.41, 5.74) is 2.25. The Kier molecular flexibility index (Phi) is 6.54. The Labute approximate surface area is 193 Å². The molecule has 0 saturated carbocycles. The van der Waals surface area contributed by atoms with Crippen molar-refractivity contribution in [3.63, 3.8) is 0 Å². The van der Waals surface area contributed by atoms with Gasteiger partial charge < -0.3 is 15.5 Å². The highest BCUT2D eigenvalue weighted by atomic mass is 35.5. The van der Waals surface area contributed by atoms with Gasteiger partial charge in [0.2, 0.25) is 11.8 Å². The second-order valence-electron chi connectivity index (χ2n) is 6.83. The molecule has 2 aromatic carbocycles. The lowest BCUT2D eigenvalue weighted by Crippen LogP contribution is -2.64. The van der Waals surface area contributed by atoms with Gasteiger partial charge in [0.25, 0.3) is 0 Å². The summed E-state index contributed by atoms with van der Waals surface area (Å²) in [5.74, 6) is -0.0277. The van der Waals surface area contributed by atoms with E-state index < -0.39 is 5.50 Å². The minimum atomic E-state index is -0.405. The molecule has 0 radical (unpaired) electrons. The third-order valence-corrected chi connectivity index (χ3v) is 7.63. The van der Waals surface area contributed by atoms with E-state index in [4.69, 9.17) is 23.8 Å². The van der Waals surface area contributed by atoms with Gasteiger partial charge in [0, 0.05) is 16.4 Å². The molecule has 2 heterocycles. The summed E-state index contributed by atoms with van der Waals surface area (Å²) in [7, 11) is 0. The molecule has 3 atom stereocenters. The molecule has 6 nitrogen and oxygen atoms in total. The monoisotopic (exact) mass is 478 g/mol. The van der Waals surface area contributed by atoms with E-state index >= 15 is 0 Å². The van der Waals surface area contributed by atoms with E-state index in [0.717, 1.165) is 16.9 Å². The van der Waals surface area contributed by atoms with E-state index in [9.17, 15) is 9.59 Å². The van der Waals surface area contributed by atoms with Crippen molar-refractivity contribution in [2.45, 2.75) is 23.8 Å². The van der Waals surface area contributed by atoms with Gasteiger partial charge in [0.05, 0.1) is 5.75 Å². The maximum Gasteiger partial charge on any atom is 0.238 e. The third-order valence-electron chi connectivity index (χ3n) is 4.75. The van der Waals surface area contributed by atoms with E-state index in [1.54, 1.807) is 12.1 Å². The number of carbonyl (C=O) groups is 2. The quantitative estimate of drug-likeness (QED) is 0.567. The van der Waals surface area contributed by atoms with Gasteiger partial charge in [-0.2, -0.15) is 0 Å². The van der Waals surface area contributed by atoms with Crippen molar-refractivity contribution in [3.8, 4) is 0 Å². The van der Waals surface area contributed by atoms with Crippen molar-refractivity contribution in [1.82, 2.24) is 10.6 Å². The van der Waals surface area contributed by atoms with Gasteiger partial charge in [-0.3, -0.25) is 14.9 Å². The Morgan fingerprint density at radius 1 is 1.27 bits per heavy atom. The second kappa shape index (κ2) is 9.15. The van der Waals surface area contributed by atoms with E-state index in [1.165, 1.54) is 23.5 Å². The molecule has 4 rings (SSSR count).